The Morgan fingerprint density at radius 2 is 1.70 bits per heavy atom. The normalized spacial score (nSPS) is 13.8. The standard InChI is InChI=1S/C11H19Cl3NO4P/c1-5-17-20(16,18-6-2)9(7-8(3)4)19-10(15)11(12,13)14/h7,9,15H,5-6H2,1-4H3. The Bertz CT molecular complexity index is 395. The van der Waals surface area contributed by atoms with Crippen molar-refractivity contribution in [2.75, 3.05) is 13.2 Å². The highest BCUT2D eigenvalue weighted by Gasteiger charge is 2.40. The third-order valence-electron chi connectivity index (χ3n) is 1.90. The number of hydrogen-bond acceptors (Lipinski definition) is 5. The first-order valence-electron chi connectivity index (χ1n) is 5.93. The highest BCUT2D eigenvalue weighted by atomic mass is 35.6. The van der Waals surface area contributed by atoms with Crippen molar-refractivity contribution < 1.29 is 18.3 Å². The number of allylic oxidation sites excluding steroid dienone is 1. The van der Waals surface area contributed by atoms with Crippen LogP contribution >= 0.6 is 42.4 Å². The van der Waals surface area contributed by atoms with Crippen molar-refractivity contribution in [3.63, 3.8) is 0 Å². The van der Waals surface area contributed by atoms with Gasteiger partial charge in [-0.1, -0.05) is 40.4 Å². The fourth-order valence-electron chi connectivity index (χ4n) is 1.21. The first-order chi connectivity index (χ1) is 9.06. The maximum atomic E-state index is 12.7. The summed E-state index contributed by atoms with van der Waals surface area (Å²) in [5.41, 5.74) is 0.798. The molecule has 0 aliphatic heterocycles. The number of ether oxygens (including phenoxy) is 1. The number of halogens is 3. The summed E-state index contributed by atoms with van der Waals surface area (Å²) in [4.78, 5) is 0. The topological polar surface area (TPSA) is 68.6 Å². The molecule has 0 heterocycles. The average Bonchev–Trinajstić information content (AvgIpc) is 2.26. The van der Waals surface area contributed by atoms with Gasteiger partial charge in [0.25, 0.3) is 3.79 Å². The lowest BCUT2D eigenvalue weighted by atomic mass is 10.3. The maximum absolute atomic E-state index is 12.7. The summed E-state index contributed by atoms with van der Waals surface area (Å²) in [5.74, 6) is -1.79. The van der Waals surface area contributed by atoms with E-state index in [1.54, 1.807) is 27.7 Å². The van der Waals surface area contributed by atoms with Crippen LogP contribution in [-0.2, 0) is 18.3 Å². The van der Waals surface area contributed by atoms with Crippen molar-refractivity contribution in [1.29, 1.82) is 5.41 Å². The van der Waals surface area contributed by atoms with Gasteiger partial charge in [-0.15, -0.1) is 0 Å². The summed E-state index contributed by atoms with van der Waals surface area (Å²) in [6, 6.07) is 0. The van der Waals surface area contributed by atoms with E-state index in [4.69, 9.17) is 54.0 Å². The molecule has 0 rings (SSSR count). The molecule has 5 nitrogen and oxygen atoms in total. The molecule has 0 saturated carbocycles. The molecule has 0 amide bonds. The quantitative estimate of drug-likeness (QED) is 0.228. The Morgan fingerprint density at radius 3 is 2.00 bits per heavy atom. The molecule has 0 saturated heterocycles. The van der Waals surface area contributed by atoms with Crippen LogP contribution in [0.25, 0.3) is 0 Å². The van der Waals surface area contributed by atoms with Gasteiger partial charge in [-0.2, -0.15) is 0 Å². The number of alkyl halides is 3. The Balaban J connectivity index is 5.38. The van der Waals surface area contributed by atoms with E-state index in [0.717, 1.165) is 5.57 Å². The zero-order valence-corrected chi connectivity index (χ0v) is 14.9. The predicted octanol–water partition coefficient (Wildman–Crippen LogP) is 4.91. The molecule has 0 aromatic carbocycles. The van der Waals surface area contributed by atoms with Crippen molar-refractivity contribution in [3.05, 3.63) is 11.6 Å². The Morgan fingerprint density at radius 1 is 1.25 bits per heavy atom. The second-order valence-electron chi connectivity index (χ2n) is 3.95. The number of rotatable bonds is 7. The van der Waals surface area contributed by atoms with Crippen molar-refractivity contribution >= 4 is 48.3 Å². The van der Waals surface area contributed by atoms with Crippen molar-refractivity contribution in [3.8, 4) is 0 Å². The van der Waals surface area contributed by atoms with Crippen LogP contribution in [0, 0.1) is 5.41 Å². The van der Waals surface area contributed by atoms with E-state index >= 15 is 0 Å². The number of nitrogens with one attached hydrogen (secondary N) is 1. The third-order valence-corrected chi connectivity index (χ3v) is 4.53. The second-order valence-corrected chi connectivity index (χ2v) is 8.34. The lowest BCUT2D eigenvalue weighted by Crippen LogP contribution is -2.27. The van der Waals surface area contributed by atoms with Crippen LogP contribution in [0.2, 0.25) is 0 Å². The van der Waals surface area contributed by atoms with Crippen molar-refractivity contribution in [2.45, 2.75) is 37.3 Å². The molecule has 20 heavy (non-hydrogen) atoms. The molecule has 0 radical (unpaired) electrons. The van der Waals surface area contributed by atoms with Gasteiger partial charge < -0.3 is 13.8 Å². The Kier molecular flexibility index (Phi) is 8.72. The van der Waals surface area contributed by atoms with Crippen molar-refractivity contribution in [1.82, 2.24) is 0 Å². The van der Waals surface area contributed by atoms with Crippen LogP contribution in [0.3, 0.4) is 0 Å². The molecule has 0 aromatic rings. The van der Waals surface area contributed by atoms with Gasteiger partial charge in [0.15, 0.2) is 0 Å². The van der Waals surface area contributed by atoms with Gasteiger partial charge in [0.2, 0.25) is 11.7 Å². The molecule has 0 aliphatic rings. The lowest BCUT2D eigenvalue weighted by molar-refractivity contribution is 0.171. The zero-order chi connectivity index (χ0) is 16.0. The lowest BCUT2D eigenvalue weighted by Gasteiger charge is -2.26. The summed E-state index contributed by atoms with van der Waals surface area (Å²) < 4.78 is 26.2. The third kappa shape index (κ3) is 6.79. The minimum Gasteiger partial charge on any atom is -0.457 e. The maximum Gasteiger partial charge on any atom is 0.374 e. The first kappa shape index (κ1) is 20.2. The Hall–Kier alpha value is 0.230. The highest BCUT2D eigenvalue weighted by molar-refractivity contribution is 7.54. The molecular weight excluding hydrogens is 347 g/mol. The van der Waals surface area contributed by atoms with E-state index in [9.17, 15) is 4.57 Å². The predicted molar refractivity (Wildman–Crippen MR) is 83.2 cm³/mol. The highest BCUT2D eigenvalue weighted by Crippen LogP contribution is 2.54. The van der Waals surface area contributed by atoms with E-state index < -0.39 is 23.1 Å². The summed E-state index contributed by atoms with van der Waals surface area (Å²) in [5, 5.41) is 7.58. The van der Waals surface area contributed by atoms with Crippen LogP contribution in [0.15, 0.2) is 11.6 Å². The van der Waals surface area contributed by atoms with E-state index in [0.29, 0.717) is 0 Å². The monoisotopic (exact) mass is 365 g/mol. The zero-order valence-electron chi connectivity index (χ0n) is 11.8. The van der Waals surface area contributed by atoms with Gasteiger partial charge in [-0.3, -0.25) is 9.97 Å². The fraction of sp³-hybridized carbons (Fsp3) is 0.727. The molecule has 0 bridgehead atoms. The molecule has 1 atom stereocenters. The van der Waals surface area contributed by atoms with E-state index in [1.807, 2.05) is 0 Å². The molecule has 0 spiro atoms. The molecule has 1 N–H and O–H groups in total. The number of hydrogen-bond donors (Lipinski definition) is 1. The minimum absolute atomic E-state index is 0.162. The van der Waals surface area contributed by atoms with Gasteiger partial charge in [-0.25, -0.2) is 0 Å². The smallest absolute Gasteiger partial charge is 0.374 e. The van der Waals surface area contributed by atoms with Crippen LogP contribution in [0.1, 0.15) is 27.7 Å². The summed E-state index contributed by atoms with van der Waals surface area (Å²) in [7, 11) is -3.62. The molecule has 118 valence electrons. The van der Waals surface area contributed by atoms with Gasteiger partial charge >= 0.3 is 7.60 Å². The van der Waals surface area contributed by atoms with Crippen LogP contribution in [0.5, 0.6) is 0 Å². The molecule has 0 aliphatic carbocycles. The largest absolute Gasteiger partial charge is 0.457 e. The Labute approximate surface area is 134 Å². The summed E-state index contributed by atoms with van der Waals surface area (Å²) in [6.07, 6.45) is 1.51. The molecular formula is C11H19Cl3NO4P. The molecule has 1 unspecified atom stereocenters. The van der Waals surface area contributed by atoms with Gasteiger partial charge in [0, 0.05) is 0 Å². The van der Waals surface area contributed by atoms with Crippen molar-refractivity contribution in [2.24, 2.45) is 0 Å². The van der Waals surface area contributed by atoms with Gasteiger partial charge in [0.05, 0.1) is 13.2 Å². The van der Waals surface area contributed by atoms with Crippen LogP contribution in [0.4, 0.5) is 0 Å². The fourth-order valence-corrected chi connectivity index (χ4v) is 3.14. The van der Waals surface area contributed by atoms with E-state index in [-0.39, 0.29) is 13.2 Å². The summed E-state index contributed by atoms with van der Waals surface area (Å²) >= 11 is 16.7. The van der Waals surface area contributed by atoms with Crippen LogP contribution in [-0.4, -0.2) is 28.7 Å². The minimum atomic E-state index is -3.62. The molecule has 0 aromatic heterocycles. The molecule has 9 heteroatoms. The van der Waals surface area contributed by atoms with E-state index in [1.165, 1.54) is 6.08 Å². The first-order valence-corrected chi connectivity index (χ1v) is 8.67. The average molecular weight is 367 g/mol. The van der Waals surface area contributed by atoms with Gasteiger partial charge in [-0.05, 0) is 33.8 Å². The second kappa shape index (κ2) is 8.62. The SMILES string of the molecule is CCOP(=O)(OCC)C(C=C(C)C)OC(=N)C(Cl)(Cl)Cl. The van der Waals surface area contributed by atoms with E-state index in [2.05, 4.69) is 0 Å². The molecule has 0 fully saturated rings. The van der Waals surface area contributed by atoms with Gasteiger partial charge in [0.1, 0.15) is 0 Å². The van der Waals surface area contributed by atoms with Crippen LogP contribution < -0.4 is 0 Å². The summed E-state index contributed by atoms with van der Waals surface area (Å²) in [6.45, 7) is 7.22.